The van der Waals surface area contributed by atoms with E-state index in [0.717, 1.165) is 11.3 Å². The van der Waals surface area contributed by atoms with Crippen LogP contribution in [0.1, 0.15) is 12.5 Å². The quantitative estimate of drug-likeness (QED) is 0.429. The minimum absolute atomic E-state index is 0.477. The Balaban J connectivity index is 2.54. The summed E-state index contributed by atoms with van der Waals surface area (Å²) in [6.45, 7) is 2.94. The fraction of sp³-hybridized carbons (Fsp3) is 0.400. The summed E-state index contributed by atoms with van der Waals surface area (Å²) in [4.78, 5) is 9.78. The average Bonchev–Trinajstić information content (AvgIpc) is 2.19. The minimum atomic E-state index is 0.477. The van der Waals surface area contributed by atoms with E-state index in [1.165, 1.54) is 0 Å². The molecule has 3 nitrogen and oxygen atoms in total. The van der Waals surface area contributed by atoms with Gasteiger partial charge in [-0.3, -0.25) is 0 Å². The predicted molar refractivity (Wildman–Crippen MR) is 52.4 cm³/mol. The predicted octanol–water partition coefficient (Wildman–Crippen LogP) is 2.20. The van der Waals surface area contributed by atoms with Crippen LogP contribution in [0.5, 0.6) is 0 Å². The Bertz CT molecular complexity index is 250. The van der Waals surface area contributed by atoms with Crippen molar-refractivity contribution >= 4 is 5.69 Å². The molecular formula is C10H15NO2. The van der Waals surface area contributed by atoms with Crippen molar-refractivity contribution in [2.45, 2.75) is 13.5 Å². The maximum atomic E-state index is 4.97. The van der Waals surface area contributed by atoms with E-state index in [1.807, 2.05) is 38.2 Å². The van der Waals surface area contributed by atoms with E-state index in [4.69, 9.17) is 9.78 Å². The maximum Gasteiger partial charge on any atom is 0.109 e. The monoisotopic (exact) mass is 181 g/mol. The Hall–Kier alpha value is -1.06. The first-order chi connectivity index (χ1) is 6.38. The van der Waals surface area contributed by atoms with Crippen LogP contribution in [0.2, 0.25) is 0 Å². The largest absolute Gasteiger partial charge is 0.388 e. The molecule has 0 radical (unpaired) electrons. The molecule has 0 saturated heterocycles. The van der Waals surface area contributed by atoms with Crippen molar-refractivity contribution in [2.75, 3.05) is 19.0 Å². The number of hydrogen-bond acceptors (Lipinski definition) is 3. The smallest absolute Gasteiger partial charge is 0.109 e. The summed E-state index contributed by atoms with van der Waals surface area (Å²) < 4.78 is 0. The minimum Gasteiger partial charge on any atom is -0.388 e. The molecular weight excluding hydrogens is 166 g/mol. The molecule has 1 rings (SSSR count). The fourth-order valence-electron chi connectivity index (χ4n) is 1.08. The number of para-hydroxylation sites is 1. The molecule has 13 heavy (non-hydrogen) atoms. The van der Waals surface area contributed by atoms with Gasteiger partial charge in [0.1, 0.15) is 6.61 Å². The first-order valence-corrected chi connectivity index (χ1v) is 4.38. The molecule has 0 saturated carbocycles. The van der Waals surface area contributed by atoms with E-state index < -0.39 is 0 Å². The summed E-state index contributed by atoms with van der Waals surface area (Å²) in [5.74, 6) is 0. The molecule has 0 unspecified atom stereocenters. The van der Waals surface area contributed by atoms with E-state index in [0.29, 0.717) is 13.2 Å². The van der Waals surface area contributed by atoms with Crippen LogP contribution in [0.25, 0.3) is 0 Å². The number of nitrogens with one attached hydrogen (secondary N) is 1. The molecule has 0 fully saturated rings. The molecule has 0 aliphatic carbocycles. The van der Waals surface area contributed by atoms with E-state index in [1.54, 1.807) is 0 Å². The normalized spacial score (nSPS) is 10.0. The van der Waals surface area contributed by atoms with Gasteiger partial charge in [-0.2, -0.15) is 0 Å². The third kappa shape index (κ3) is 3.05. The second kappa shape index (κ2) is 5.56. The number of rotatable bonds is 5. The lowest BCUT2D eigenvalue weighted by Crippen LogP contribution is -1.99. The van der Waals surface area contributed by atoms with E-state index in [-0.39, 0.29) is 0 Å². The molecule has 0 heterocycles. The molecule has 0 spiro atoms. The lowest BCUT2D eigenvalue weighted by molar-refractivity contribution is -0.300. The highest BCUT2D eigenvalue weighted by Crippen LogP contribution is 2.14. The van der Waals surface area contributed by atoms with Crippen molar-refractivity contribution in [3.8, 4) is 0 Å². The zero-order valence-electron chi connectivity index (χ0n) is 8.04. The highest BCUT2D eigenvalue weighted by molar-refractivity contribution is 5.49. The van der Waals surface area contributed by atoms with Crippen molar-refractivity contribution in [2.24, 2.45) is 0 Å². The van der Waals surface area contributed by atoms with Gasteiger partial charge in [-0.05, 0) is 13.0 Å². The van der Waals surface area contributed by atoms with Gasteiger partial charge in [-0.25, -0.2) is 9.78 Å². The number of benzene rings is 1. The topological polar surface area (TPSA) is 30.5 Å². The Morgan fingerprint density at radius 1 is 1.23 bits per heavy atom. The van der Waals surface area contributed by atoms with Crippen molar-refractivity contribution < 1.29 is 9.78 Å². The van der Waals surface area contributed by atoms with Crippen LogP contribution >= 0.6 is 0 Å². The van der Waals surface area contributed by atoms with Gasteiger partial charge >= 0.3 is 0 Å². The third-order valence-corrected chi connectivity index (χ3v) is 1.70. The maximum absolute atomic E-state index is 4.97. The van der Waals surface area contributed by atoms with E-state index >= 15 is 0 Å². The van der Waals surface area contributed by atoms with Crippen LogP contribution in [0.15, 0.2) is 24.3 Å². The molecule has 72 valence electrons. The number of anilines is 1. The lowest BCUT2D eigenvalue weighted by Gasteiger charge is -2.07. The van der Waals surface area contributed by atoms with Crippen LogP contribution in [-0.2, 0) is 16.4 Å². The molecule has 3 heteroatoms. The number of hydrogen-bond donors (Lipinski definition) is 1. The van der Waals surface area contributed by atoms with Gasteiger partial charge in [0, 0.05) is 18.3 Å². The zero-order valence-corrected chi connectivity index (χ0v) is 8.04. The fourth-order valence-corrected chi connectivity index (χ4v) is 1.08. The van der Waals surface area contributed by atoms with Gasteiger partial charge in [0.05, 0.1) is 6.61 Å². The first kappa shape index (κ1) is 10.0. The summed E-state index contributed by atoms with van der Waals surface area (Å²) in [7, 11) is 1.89. The van der Waals surface area contributed by atoms with Crippen LogP contribution in [0.3, 0.4) is 0 Å². The van der Waals surface area contributed by atoms with Gasteiger partial charge in [0.15, 0.2) is 0 Å². The molecule has 0 bridgehead atoms. The van der Waals surface area contributed by atoms with Gasteiger partial charge in [-0.1, -0.05) is 18.2 Å². The highest BCUT2D eigenvalue weighted by atomic mass is 17.2. The van der Waals surface area contributed by atoms with E-state index in [2.05, 4.69) is 5.32 Å². The first-order valence-electron chi connectivity index (χ1n) is 4.38. The Morgan fingerprint density at radius 2 is 2.00 bits per heavy atom. The summed E-state index contributed by atoms with van der Waals surface area (Å²) in [6.07, 6.45) is 0. The summed E-state index contributed by atoms with van der Waals surface area (Å²) in [5.41, 5.74) is 2.17. The molecule has 1 aromatic rings. The second-order valence-corrected chi connectivity index (χ2v) is 2.58. The molecule has 0 amide bonds. The molecule has 0 aliphatic rings. The summed E-state index contributed by atoms with van der Waals surface area (Å²) >= 11 is 0. The SMILES string of the molecule is CCOOCc1ccccc1NC. The molecule has 0 aliphatic heterocycles. The van der Waals surface area contributed by atoms with Crippen LogP contribution in [0, 0.1) is 0 Å². The van der Waals surface area contributed by atoms with E-state index in [9.17, 15) is 0 Å². The van der Waals surface area contributed by atoms with Gasteiger partial charge in [0.2, 0.25) is 0 Å². The van der Waals surface area contributed by atoms with Crippen molar-refractivity contribution in [1.29, 1.82) is 0 Å². The molecule has 1 aromatic carbocycles. The third-order valence-electron chi connectivity index (χ3n) is 1.70. The van der Waals surface area contributed by atoms with Crippen LogP contribution < -0.4 is 5.32 Å². The van der Waals surface area contributed by atoms with Crippen LogP contribution in [0.4, 0.5) is 5.69 Å². The van der Waals surface area contributed by atoms with Gasteiger partial charge in [0.25, 0.3) is 0 Å². The lowest BCUT2D eigenvalue weighted by atomic mass is 10.2. The van der Waals surface area contributed by atoms with Crippen LogP contribution in [-0.4, -0.2) is 13.7 Å². The van der Waals surface area contributed by atoms with Gasteiger partial charge < -0.3 is 5.32 Å². The Kier molecular flexibility index (Phi) is 4.29. The average molecular weight is 181 g/mol. The second-order valence-electron chi connectivity index (χ2n) is 2.58. The summed E-state index contributed by atoms with van der Waals surface area (Å²) in [6, 6.07) is 7.97. The van der Waals surface area contributed by atoms with Crippen molar-refractivity contribution in [1.82, 2.24) is 0 Å². The van der Waals surface area contributed by atoms with Crippen molar-refractivity contribution in [3.63, 3.8) is 0 Å². The Morgan fingerprint density at radius 3 is 2.69 bits per heavy atom. The summed E-state index contributed by atoms with van der Waals surface area (Å²) in [5, 5.41) is 3.09. The molecule has 1 N–H and O–H groups in total. The molecule has 0 atom stereocenters. The van der Waals surface area contributed by atoms with Crippen molar-refractivity contribution in [3.05, 3.63) is 29.8 Å². The standard InChI is InChI=1S/C10H15NO2/c1-3-12-13-8-9-6-4-5-7-10(9)11-2/h4-7,11H,3,8H2,1-2H3. The zero-order chi connectivity index (χ0) is 9.52. The highest BCUT2D eigenvalue weighted by Gasteiger charge is 1.98. The van der Waals surface area contributed by atoms with Gasteiger partial charge in [-0.15, -0.1) is 0 Å². The molecule has 0 aromatic heterocycles. The Labute approximate surface area is 78.6 Å².